The Morgan fingerprint density at radius 1 is 1.30 bits per heavy atom. The number of likely N-dealkylation sites (tertiary alicyclic amines) is 1. The van der Waals surface area contributed by atoms with Gasteiger partial charge in [-0.2, -0.15) is 0 Å². The van der Waals surface area contributed by atoms with Crippen molar-refractivity contribution in [2.75, 3.05) is 13.2 Å². The number of piperidine rings is 1. The van der Waals surface area contributed by atoms with Crippen LogP contribution >= 0.6 is 0 Å². The zero-order valence-corrected chi connectivity index (χ0v) is 14.2. The minimum atomic E-state index is -0.882. The molecule has 1 aromatic rings. The molecule has 1 fully saturated rings. The van der Waals surface area contributed by atoms with E-state index in [4.69, 9.17) is 0 Å². The van der Waals surface area contributed by atoms with Gasteiger partial charge in [0.15, 0.2) is 0 Å². The molecule has 0 aromatic heterocycles. The first kappa shape index (κ1) is 17.8. The second-order valence-electron chi connectivity index (χ2n) is 7.41. The number of rotatable bonds is 4. The lowest BCUT2D eigenvalue weighted by atomic mass is 9.73. The first-order valence-electron chi connectivity index (χ1n) is 8.22. The maximum atomic E-state index is 11.7. The first-order valence-corrected chi connectivity index (χ1v) is 8.22. The smallest absolute Gasteiger partial charge is 0.407 e. The first-order chi connectivity index (χ1) is 10.8. The van der Waals surface area contributed by atoms with Gasteiger partial charge in [0.2, 0.25) is 0 Å². The zero-order valence-electron chi connectivity index (χ0n) is 14.2. The van der Waals surface area contributed by atoms with E-state index in [2.05, 4.69) is 26.1 Å². The molecule has 2 rings (SSSR count). The summed E-state index contributed by atoms with van der Waals surface area (Å²) in [6.07, 6.45) is -0.199. The molecule has 5 nitrogen and oxygen atoms in total. The maximum absolute atomic E-state index is 11.7. The van der Waals surface area contributed by atoms with E-state index in [1.54, 1.807) is 0 Å². The van der Waals surface area contributed by atoms with Crippen LogP contribution in [-0.4, -0.2) is 46.4 Å². The number of aliphatic hydroxyl groups is 1. The fraction of sp³-hybridized carbons (Fsp3) is 0.611. The number of hydrogen-bond donors (Lipinski definition) is 3. The summed E-state index contributed by atoms with van der Waals surface area (Å²) in [6.45, 7) is 7.40. The minimum Gasteiger partial charge on any atom is -0.465 e. The molecule has 3 N–H and O–H groups in total. The Morgan fingerprint density at radius 3 is 2.48 bits per heavy atom. The minimum absolute atomic E-state index is 0.0648. The molecule has 1 heterocycles. The van der Waals surface area contributed by atoms with Gasteiger partial charge in [-0.25, -0.2) is 4.79 Å². The fourth-order valence-corrected chi connectivity index (χ4v) is 3.61. The number of benzene rings is 1. The van der Waals surface area contributed by atoms with Crippen molar-refractivity contribution in [2.45, 2.75) is 45.8 Å². The number of carboxylic acid groups (broad SMARTS) is 1. The second kappa shape index (κ2) is 7.32. The van der Waals surface area contributed by atoms with Crippen LogP contribution in [-0.2, 0) is 6.54 Å². The van der Waals surface area contributed by atoms with Crippen molar-refractivity contribution in [1.29, 1.82) is 0 Å². The standard InChI is InChI=1S/C18H28N2O3/c1-18(2,3)16-15(19-11-13-7-5-4-6-8-13)14(12-21)9-10-20(16)17(22)23/h4-8,14-16,19,21H,9-12H2,1-3H3,(H,22,23). The highest BCUT2D eigenvalue weighted by Gasteiger charge is 2.45. The van der Waals surface area contributed by atoms with Crippen molar-refractivity contribution in [3.8, 4) is 0 Å². The van der Waals surface area contributed by atoms with Gasteiger partial charge in [-0.05, 0) is 17.4 Å². The summed E-state index contributed by atoms with van der Waals surface area (Å²) in [7, 11) is 0. The summed E-state index contributed by atoms with van der Waals surface area (Å²) in [5, 5.41) is 22.8. The molecular formula is C18H28N2O3. The molecule has 0 bridgehead atoms. The van der Waals surface area contributed by atoms with Crippen LogP contribution < -0.4 is 5.32 Å². The van der Waals surface area contributed by atoms with Crippen molar-refractivity contribution < 1.29 is 15.0 Å². The maximum Gasteiger partial charge on any atom is 0.407 e. The number of nitrogens with one attached hydrogen (secondary N) is 1. The van der Waals surface area contributed by atoms with Gasteiger partial charge < -0.3 is 20.4 Å². The summed E-state index contributed by atoms with van der Waals surface area (Å²) in [6, 6.07) is 9.82. The van der Waals surface area contributed by atoms with Gasteiger partial charge in [-0.15, -0.1) is 0 Å². The van der Waals surface area contributed by atoms with Crippen molar-refractivity contribution >= 4 is 6.09 Å². The SMILES string of the molecule is CC(C)(C)C1C(NCc2ccccc2)C(CO)CCN1C(=O)O. The molecule has 0 aliphatic carbocycles. The molecule has 3 atom stereocenters. The predicted molar refractivity (Wildman–Crippen MR) is 90.2 cm³/mol. The molecule has 128 valence electrons. The van der Waals surface area contributed by atoms with Crippen LogP contribution in [0.2, 0.25) is 0 Å². The third kappa shape index (κ3) is 4.24. The third-order valence-electron chi connectivity index (χ3n) is 4.68. The highest BCUT2D eigenvalue weighted by Crippen LogP contribution is 2.35. The average Bonchev–Trinajstić information content (AvgIpc) is 2.51. The Labute approximate surface area is 138 Å². The third-order valence-corrected chi connectivity index (χ3v) is 4.68. The van der Waals surface area contributed by atoms with Gasteiger partial charge >= 0.3 is 6.09 Å². The van der Waals surface area contributed by atoms with Gasteiger partial charge in [0.25, 0.3) is 0 Å². The molecule has 23 heavy (non-hydrogen) atoms. The molecule has 0 spiro atoms. The van der Waals surface area contributed by atoms with Gasteiger partial charge in [-0.3, -0.25) is 0 Å². The van der Waals surface area contributed by atoms with E-state index in [0.717, 1.165) is 5.56 Å². The number of nitrogens with zero attached hydrogens (tertiary/aromatic N) is 1. The predicted octanol–water partition coefficient (Wildman–Crippen LogP) is 2.55. The van der Waals surface area contributed by atoms with Crippen LogP contribution in [0.15, 0.2) is 30.3 Å². The lowest BCUT2D eigenvalue weighted by molar-refractivity contribution is -0.00124. The van der Waals surface area contributed by atoms with Crippen LogP contribution in [0.4, 0.5) is 4.79 Å². The van der Waals surface area contributed by atoms with E-state index < -0.39 is 6.09 Å². The highest BCUT2D eigenvalue weighted by atomic mass is 16.4. The summed E-state index contributed by atoms with van der Waals surface area (Å²) < 4.78 is 0. The lowest BCUT2D eigenvalue weighted by Gasteiger charge is -2.50. The molecule has 1 aliphatic heterocycles. The molecule has 1 aromatic carbocycles. The fourth-order valence-electron chi connectivity index (χ4n) is 3.61. The summed E-state index contributed by atoms with van der Waals surface area (Å²) in [5.74, 6) is 0.0681. The van der Waals surface area contributed by atoms with Crippen LogP contribution in [0.5, 0.6) is 0 Å². The Kier molecular flexibility index (Phi) is 5.65. The van der Waals surface area contributed by atoms with E-state index in [9.17, 15) is 15.0 Å². The van der Waals surface area contributed by atoms with E-state index >= 15 is 0 Å². The second-order valence-corrected chi connectivity index (χ2v) is 7.41. The van der Waals surface area contributed by atoms with Gasteiger partial charge in [-0.1, -0.05) is 51.1 Å². The Morgan fingerprint density at radius 2 is 1.96 bits per heavy atom. The normalized spacial score (nSPS) is 25.4. The number of aliphatic hydroxyl groups excluding tert-OH is 1. The van der Waals surface area contributed by atoms with Crippen LogP contribution in [0, 0.1) is 11.3 Å². The largest absolute Gasteiger partial charge is 0.465 e. The van der Waals surface area contributed by atoms with Gasteiger partial charge in [0, 0.05) is 31.7 Å². The van der Waals surface area contributed by atoms with Crippen molar-refractivity contribution in [3.05, 3.63) is 35.9 Å². The van der Waals surface area contributed by atoms with E-state index in [1.165, 1.54) is 4.90 Å². The molecule has 0 saturated carbocycles. The van der Waals surface area contributed by atoms with Crippen molar-refractivity contribution in [2.24, 2.45) is 11.3 Å². The molecule has 1 saturated heterocycles. The van der Waals surface area contributed by atoms with Crippen LogP contribution in [0.25, 0.3) is 0 Å². The molecule has 1 amide bonds. The zero-order chi connectivity index (χ0) is 17.0. The van der Waals surface area contributed by atoms with Crippen LogP contribution in [0.1, 0.15) is 32.8 Å². The van der Waals surface area contributed by atoms with Gasteiger partial charge in [0.1, 0.15) is 0 Å². The quantitative estimate of drug-likeness (QED) is 0.797. The van der Waals surface area contributed by atoms with Crippen molar-refractivity contribution in [1.82, 2.24) is 10.2 Å². The average molecular weight is 320 g/mol. The summed E-state index contributed by atoms with van der Waals surface area (Å²) >= 11 is 0. The Bertz CT molecular complexity index is 513. The van der Waals surface area contributed by atoms with E-state index in [-0.39, 0.29) is 30.0 Å². The summed E-state index contributed by atoms with van der Waals surface area (Å²) in [4.78, 5) is 13.2. The van der Waals surface area contributed by atoms with E-state index in [0.29, 0.717) is 19.5 Å². The number of amides is 1. The molecule has 3 unspecified atom stereocenters. The monoisotopic (exact) mass is 320 g/mol. The van der Waals surface area contributed by atoms with E-state index in [1.807, 2.05) is 30.3 Å². The highest BCUT2D eigenvalue weighted by molar-refractivity contribution is 5.66. The summed E-state index contributed by atoms with van der Waals surface area (Å²) in [5.41, 5.74) is 0.949. The Hall–Kier alpha value is -1.59. The molecule has 0 radical (unpaired) electrons. The van der Waals surface area contributed by atoms with Gasteiger partial charge in [0.05, 0.1) is 6.04 Å². The molecular weight excluding hydrogens is 292 g/mol. The number of carbonyl (C=O) groups is 1. The molecule has 5 heteroatoms. The topological polar surface area (TPSA) is 72.8 Å². The number of hydrogen-bond acceptors (Lipinski definition) is 3. The lowest BCUT2D eigenvalue weighted by Crippen LogP contribution is -2.64. The molecule has 1 aliphatic rings. The van der Waals surface area contributed by atoms with Crippen molar-refractivity contribution in [3.63, 3.8) is 0 Å². The van der Waals surface area contributed by atoms with Crippen LogP contribution in [0.3, 0.4) is 0 Å². The Balaban J connectivity index is 2.22.